The summed E-state index contributed by atoms with van der Waals surface area (Å²) in [5.74, 6) is 1.06. The standard InChI is InChI=1S/C23H34N4O3.HI/c1-3-24-23(25-14-12-17-8-10-19(11-9-17)22(29)30-2)26-20-13-15-27(16-20)21(28)18-6-4-5-7-18;/h8-11,18,20H,3-7,12-16H2,1-2H3,(H2,24,25,26);1H. The van der Waals surface area contributed by atoms with E-state index in [4.69, 9.17) is 9.73 Å². The molecule has 2 N–H and O–H groups in total. The summed E-state index contributed by atoms with van der Waals surface area (Å²) in [4.78, 5) is 30.9. The molecule has 1 amide bonds. The molecule has 0 spiro atoms. The summed E-state index contributed by atoms with van der Waals surface area (Å²) in [6.45, 7) is 5.07. The van der Waals surface area contributed by atoms with Crippen molar-refractivity contribution in [3.8, 4) is 0 Å². The number of nitrogens with one attached hydrogen (secondary N) is 2. The van der Waals surface area contributed by atoms with Crippen molar-refractivity contribution < 1.29 is 14.3 Å². The van der Waals surface area contributed by atoms with Crippen LogP contribution in [0.15, 0.2) is 29.3 Å². The minimum absolute atomic E-state index is 0. The number of likely N-dealkylation sites (tertiary alicyclic amines) is 1. The molecule has 1 atom stereocenters. The highest BCUT2D eigenvalue weighted by atomic mass is 127. The van der Waals surface area contributed by atoms with Crippen LogP contribution in [0.1, 0.15) is 54.9 Å². The molecule has 7 nitrogen and oxygen atoms in total. The number of ether oxygens (including phenoxy) is 1. The van der Waals surface area contributed by atoms with Crippen molar-refractivity contribution in [1.82, 2.24) is 15.5 Å². The third-order valence-corrected chi connectivity index (χ3v) is 5.93. The van der Waals surface area contributed by atoms with Crippen LogP contribution in [0, 0.1) is 5.92 Å². The summed E-state index contributed by atoms with van der Waals surface area (Å²) < 4.78 is 4.73. The van der Waals surface area contributed by atoms with Gasteiger partial charge in [-0.05, 0) is 50.3 Å². The fraction of sp³-hybridized carbons (Fsp3) is 0.609. The highest BCUT2D eigenvalue weighted by Gasteiger charge is 2.32. The van der Waals surface area contributed by atoms with E-state index in [1.165, 1.54) is 20.0 Å². The van der Waals surface area contributed by atoms with Crippen LogP contribution in [-0.2, 0) is 16.0 Å². The maximum atomic E-state index is 12.6. The van der Waals surface area contributed by atoms with Gasteiger partial charge in [0.05, 0.1) is 12.7 Å². The van der Waals surface area contributed by atoms with Gasteiger partial charge in [-0.1, -0.05) is 25.0 Å². The van der Waals surface area contributed by atoms with Gasteiger partial charge in [-0.3, -0.25) is 9.79 Å². The van der Waals surface area contributed by atoms with Crippen molar-refractivity contribution in [2.24, 2.45) is 10.9 Å². The Hall–Kier alpha value is -1.84. The molecule has 3 rings (SSSR count). The number of carbonyl (C=O) groups is 2. The molecule has 0 bridgehead atoms. The molecular formula is C23H35IN4O3. The lowest BCUT2D eigenvalue weighted by atomic mass is 10.1. The number of methoxy groups -OCH3 is 1. The van der Waals surface area contributed by atoms with Crippen molar-refractivity contribution in [2.45, 2.75) is 51.5 Å². The molecule has 0 aromatic heterocycles. The highest BCUT2D eigenvalue weighted by molar-refractivity contribution is 14.0. The van der Waals surface area contributed by atoms with E-state index in [9.17, 15) is 9.59 Å². The van der Waals surface area contributed by atoms with Crippen LogP contribution in [-0.4, -0.2) is 62.1 Å². The number of rotatable bonds is 7. The van der Waals surface area contributed by atoms with Gasteiger partial charge in [0.1, 0.15) is 0 Å². The third-order valence-electron chi connectivity index (χ3n) is 5.93. The zero-order valence-corrected chi connectivity index (χ0v) is 20.9. The van der Waals surface area contributed by atoms with Crippen molar-refractivity contribution >= 4 is 41.8 Å². The molecule has 2 fully saturated rings. The summed E-state index contributed by atoms with van der Waals surface area (Å²) in [5, 5.41) is 6.79. The molecule has 172 valence electrons. The Balaban J connectivity index is 0.00000341. The van der Waals surface area contributed by atoms with E-state index in [0.29, 0.717) is 18.0 Å². The second kappa shape index (κ2) is 12.9. The minimum atomic E-state index is -0.324. The monoisotopic (exact) mass is 542 g/mol. The van der Waals surface area contributed by atoms with Crippen LogP contribution < -0.4 is 10.6 Å². The number of hydrogen-bond donors (Lipinski definition) is 2. The fourth-order valence-corrected chi connectivity index (χ4v) is 4.24. The van der Waals surface area contributed by atoms with E-state index in [1.54, 1.807) is 12.1 Å². The number of nitrogens with zero attached hydrogens (tertiary/aromatic N) is 2. The number of halogens is 1. The predicted molar refractivity (Wildman–Crippen MR) is 133 cm³/mol. The Morgan fingerprint density at radius 2 is 1.87 bits per heavy atom. The average molecular weight is 542 g/mol. The maximum absolute atomic E-state index is 12.6. The maximum Gasteiger partial charge on any atom is 0.337 e. The minimum Gasteiger partial charge on any atom is -0.465 e. The Kier molecular flexibility index (Phi) is 10.6. The molecule has 1 heterocycles. The summed E-state index contributed by atoms with van der Waals surface area (Å²) in [6, 6.07) is 7.68. The van der Waals surface area contributed by atoms with Crippen molar-refractivity contribution in [3.63, 3.8) is 0 Å². The third kappa shape index (κ3) is 7.36. The van der Waals surface area contributed by atoms with Gasteiger partial charge in [-0.25, -0.2) is 4.79 Å². The van der Waals surface area contributed by atoms with E-state index in [0.717, 1.165) is 56.8 Å². The summed E-state index contributed by atoms with van der Waals surface area (Å²) in [5.41, 5.74) is 1.68. The fourth-order valence-electron chi connectivity index (χ4n) is 4.24. The van der Waals surface area contributed by atoms with Crippen LogP contribution in [0.5, 0.6) is 0 Å². The van der Waals surface area contributed by atoms with Crippen LogP contribution in [0.4, 0.5) is 0 Å². The first-order chi connectivity index (χ1) is 14.6. The average Bonchev–Trinajstić information content (AvgIpc) is 3.46. The van der Waals surface area contributed by atoms with Crippen LogP contribution in [0.3, 0.4) is 0 Å². The Morgan fingerprint density at radius 1 is 1.16 bits per heavy atom. The number of hydrogen-bond acceptors (Lipinski definition) is 4. The lowest BCUT2D eigenvalue weighted by Gasteiger charge is -2.21. The van der Waals surface area contributed by atoms with Crippen molar-refractivity contribution in [3.05, 3.63) is 35.4 Å². The van der Waals surface area contributed by atoms with Crippen molar-refractivity contribution in [2.75, 3.05) is 33.3 Å². The van der Waals surface area contributed by atoms with E-state index in [2.05, 4.69) is 10.6 Å². The van der Waals surface area contributed by atoms with Crippen LogP contribution in [0.2, 0.25) is 0 Å². The molecular weight excluding hydrogens is 507 g/mol. The second-order valence-corrected chi connectivity index (χ2v) is 8.09. The molecule has 0 radical (unpaired) electrons. The number of amides is 1. The van der Waals surface area contributed by atoms with Gasteiger partial charge in [-0.15, -0.1) is 24.0 Å². The van der Waals surface area contributed by atoms with E-state index in [1.807, 2.05) is 24.0 Å². The number of guanidine groups is 1. The molecule has 8 heteroatoms. The predicted octanol–water partition coefficient (Wildman–Crippen LogP) is 2.98. The number of carbonyl (C=O) groups excluding carboxylic acids is 2. The molecule has 1 saturated carbocycles. The number of esters is 1. The number of benzene rings is 1. The molecule has 1 saturated heterocycles. The van der Waals surface area contributed by atoms with E-state index < -0.39 is 0 Å². The van der Waals surface area contributed by atoms with E-state index >= 15 is 0 Å². The number of aliphatic imine (C=N–C) groups is 1. The Morgan fingerprint density at radius 3 is 2.52 bits per heavy atom. The van der Waals surface area contributed by atoms with Gasteiger partial charge in [0, 0.05) is 38.1 Å². The zero-order chi connectivity index (χ0) is 21.3. The lowest BCUT2D eigenvalue weighted by Crippen LogP contribution is -2.45. The van der Waals surface area contributed by atoms with E-state index in [-0.39, 0.29) is 41.9 Å². The van der Waals surface area contributed by atoms with Crippen molar-refractivity contribution in [1.29, 1.82) is 0 Å². The lowest BCUT2D eigenvalue weighted by molar-refractivity contribution is -0.134. The van der Waals surface area contributed by atoms with Gasteiger partial charge in [-0.2, -0.15) is 0 Å². The first kappa shape index (κ1) is 25.4. The van der Waals surface area contributed by atoms with Gasteiger partial charge in [0.2, 0.25) is 5.91 Å². The van der Waals surface area contributed by atoms with Gasteiger partial charge < -0.3 is 20.3 Å². The molecule has 31 heavy (non-hydrogen) atoms. The molecule has 1 aliphatic heterocycles. The largest absolute Gasteiger partial charge is 0.465 e. The first-order valence-corrected chi connectivity index (χ1v) is 11.1. The molecule has 1 aromatic carbocycles. The molecule has 1 unspecified atom stereocenters. The van der Waals surface area contributed by atoms with Gasteiger partial charge >= 0.3 is 5.97 Å². The quantitative estimate of drug-likeness (QED) is 0.240. The SMILES string of the molecule is CCNC(=NCCc1ccc(C(=O)OC)cc1)NC1CCN(C(=O)C2CCCC2)C1.I. The molecule has 1 aliphatic carbocycles. The zero-order valence-electron chi connectivity index (χ0n) is 18.6. The normalized spacial score (nSPS) is 19.1. The topological polar surface area (TPSA) is 83.0 Å². The smallest absolute Gasteiger partial charge is 0.337 e. The van der Waals surface area contributed by atoms with Crippen LogP contribution in [0.25, 0.3) is 0 Å². The Labute approximate surface area is 202 Å². The first-order valence-electron chi connectivity index (χ1n) is 11.1. The molecule has 2 aliphatic rings. The second-order valence-electron chi connectivity index (χ2n) is 8.09. The van der Waals surface area contributed by atoms with Crippen LogP contribution >= 0.6 is 24.0 Å². The molecule has 1 aromatic rings. The Bertz CT molecular complexity index is 748. The summed E-state index contributed by atoms with van der Waals surface area (Å²) in [7, 11) is 1.38. The summed E-state index contributed by atoms with van der Waals surface area (Å²) in [6.07, 6.45) is 6.23. The highest BCUT2D eigenvalue weighted by Crippen LogP contribution is 2.27. The summed E-state index contributed by atoms with van der Waals surface area (Å²) >= 11 is 0. The van der Waals surface area contributed by atoms with Gasteiger partial charge in [0.15, 0.2) is 5.96 Å². The van der Waals surface area contributed by atoms with Gasteiger partial charge in [0.25, 0.3) is 0 Å².